The van der Waals surface area contributed by atoms with Crippen LogP contribution in [0.3, 0.4) is 0 Å². The van der Waals surface area contributed by atoms with Crippen LogP contribution >= 0.6 is 11.6 Å². The van der Waals surface area contributed by atoms with E-state index in [1.807, 2.05) is 0 Å². The zero-order valence-electron chi connectivity index (χ0n) is 17.3. The van der Waals surface area contributed by atoms with Crippen LogP contribution < -0.4 is 15.2 Å². The lowest BCUT2D eigenvalue weighted by Crippen LogP contribution is -2.38. The van der Waals surface area contributed by atoms with Crippen molar-refractivity contribution in [3.05, 3.63) is 53.3 Å². The summed E-state index contributed by atoms with van der Waals surface area (Å²) in [7, 11) is 1.74. The summed E-state index contributed by atoms with van der Waals surface area (Å²) in [5.74, 6) is -0.735. The Morgan fingerprint density at radius 1 is 1.21 bits per heavy atom. The largest absolute Gasteiger partial charge is 0.485 e. The molecule has 0 bridgehead atoms. The standard InChI is InChI=1S/C21H17ClF2N6O3/c1-30-9-28-15(29-30)7-32-13-4-14(33-10-5-31-6-10)16(20-17(13)21(25)27-8-26-20)11-2-3-12(23)18(22)19(11)24/h2-4,8-10H,5-7H2,1H3,(H2,25,26,27). The zero-order chi connectivity index (χ0) is 23.1. The first-order chi connectivity index (χ1) is 15.9. The second-order valence-electron chi connectivity index (χ2n) is 7.35. The molecule has 1 fully saturated rings. The highest BCUT2D eigenvalue weighted by Gasteiger charge is 2.27. The molecule has 9 nitrogen and oxygen atoms in total. The number of aromatic nitrogens is 5. The van der Waals surface area contributed by atoms with Gasteiger partial charge in [-0.3, -0.25) is 4.68 Å². The number of benzene rings is 2. The van der Waals surface area contributed by atoms with Gasteiger partial charge >= 0.3 is 0 Å². The lowest BCUT2D eigenvalue weighted by atomic mass is 9.99. The van der Waals surface area contributed by atoms with Crippen molar-refractivity contribution < 1.29 is 23.0 Å². The number of hydrogen-bond acceptors (Lipinski definition) is 8. The van der Waals surface area contributed by atoms with Crippen molar-refractivity contribution in [3.63, 3.8) is 0 Å². The third-order valence-electron chi connectivity index (χ3n) is 5.08. The van der Waals surface area contributed by atoms with Gasteiger partial charge in [0.05, 0.1) is 29.7 Å². The number of nitrogen functional groups attached to an aromatic ring is 1. The van der Waals surface area contributed by atoms with Crippen LogP contribution in [0.25, 0.3) is 22.0 Å². The molecule has 0 radical (unpaired) electrons. The Kier molecular flexibility index (Phi) is 5.43. The van der Waals surface area contributed by atoms with Crippen molar-refractivity contribution >= 4 is 28.3 Å². The van der Waals surface area contributed by atoms with Crippen LogP contribution in [0.2, 0.25) is 5.02 Å². The molecule has 4 aromatic rings. The maximum atomic E-state index is 15.1. The molecule has 0 unspecified atom stereocenters. The third-order valence-corrected chi connectivity index (χ3v) is 5.42. The Bertz CT molecular complexity index is 1360. The van der Waals surface area contributed by atoms with Crippen molar-refractivity contribution in [2.24, 2.45) is 7.05 Å². The van der Waals surface area contributed by atoms with E-state index in [1.54, 1.807) is 24.1 Å². The predicted molar refractivity (Wildman–Crippen MR) is 115 cm³/mol. The van der Waals surface area contributed by atoms with Crippen LogP contribution in [0.15, 0.2) is 30.9 Å². The van der Waals surface area contributed by atoms with Gasteiger partial charge in [-0.05, 0) is 12.1 Å². The Hall–Kier alpha value is -3.57. The molecule has 12 heteroatoms. The average Bonchev–Trinajstić information content (AvgIpc) is 3.19. The van der Waals surface area contributed by atoms with Crippen molar-refractivity contribution in [3.8, 4) is 22.6 Å². The summed E-state index contributed by atoms with van der Waals surface area (Å²) < 4.78 is 47.7. The van der Waals surface area contributed by atoms with Crippen LogP contribution in [0.5, 0.6) is 11.5 Å². The van der Waals surface area contributed by atoms with Crippen LogP contribution in [-0.4, -0.2) is 44.1 Å². The molecule has 0 spiro atoms. The number of fused-ring (bicyclic) bond motifs is 1. The molecule has 2 aromatic carbocycles. The molecular formula is C21H17ClF2N6O3. The van der Waals surface area contributed by atoms with Crippen molar-refractivity contribution in [2.75, 3.05) is 18.9 Å². The van der Waals surface area contributed by atoms with E-state index >= 15 is 4.39 Å². The minimum absolute atomic E-state index is 0.00214. The van der Waals surface area contributed by atoms with Crippen LogP contribution in [0, 0.1) is 11.6 Å². The van der Waals surface area contributed by atoms with Gasteiger partial charge in [0, 0.05) is 18.7 Å². The van der Waals surface area contributed by atoms with Crippen LogP contribution in [-0.2, 0) is 18.4 Å². The first kappa shape index (κ1) is 21.3. The first-order valence-electron chi connectivity index (χ1n) is 9.85. The fourth-order valence-corrected chi connectivity index (χ4v) is 3.62. The second kappa shape index (κ2) is 8.41. The minimum atomic E-state index is -0.948. The number of ether oxygens (including phenoxy) is 3. The van der Waals surface area contributed by atoms with Crippen molar-refractivity contribution in [2.45, 2.75) is 12.7 Å². The van der Waals surface area contributed by atoms with Gasteiger partial charge in [0.1, 0.15) is 53.5 Å². The smallest absolute Gasteiger partial charge is 0.188 e. The minimum Gasteiger partial charge on any atom is -0.485 e. The molecule has 3 heterocycles. The molecule has 0 aliphatic carbocycles. The number of rotatable bonds is 6. The summed E-state index contributed by atoms with van der Waals surface area (Å²) in [6.45, 7) is 0.764. The van der Waals surface area contributed by atoms with Gasteiger partial charge < -0.3 is 19.9 Å². The highest BCUT2D eigenvalue weighted by Crippen LogP contribution is 2.45. The fraction of sp³-hybridized carbons (Fsp3) is 0.238. The molecule has 5 rings (SSSR count). The molecule has 33 heavy (non-hydrogen) atoms. The number of nitrogens with zero attached hydrogens (tertiary/aromatic N) is 5. The van der Waals surface area contributed by atoms with Crippen LogP contribution in [0.4, 0.5) is 14.6 Å². The summed E-state index contributed by atoms with van der Waals surface area (Å²) in [5, 5.41) is 3.88. The Labute approximate surface area is 191 Å². The van der Waals surface area contributed by atoms with Crippen molar-refractivity contribution in [1.82, 2.24) is 24.7 Å². The quantitative estimate of drug-likeness (QED) is 0.424. The third kappa shape index (κ3) is 3.89. The van der Waals surface area contributed by atoms with Gasteiger partial charge in [0.15, 0.2) is 11.6 Å². The summed E-state index contributed by atoms with van der Waals surface area (Å²) in [4.78, 5) is 12.5. The van der Waals surface area contributed by atoms with Gasteiger partial charge in [-0.25, -0.2) is 23.7 Å². The van der Waals surface area contributed by atoms with Crippen molar-refractivity contribution in [1.29, 1.82) is 0 Å². The van der Waals surface area contributed by atoms with Gasteiger partial charge in [0.2, 0.25) is 0 Å². The number of anilines is 1. The maximum Gasteiger partial charge on any atom is 0.188 e. The van der Waals surface area contributed by atoms with E-state index in [0.29, 0.717) is 30.2 Å². The Morgan fingerprint density at radius 3 is 2.73 bits per heavy atom. The highest BCUT2D eigenvalue weighted by atomic mass is 35.5. The van der Waals surface area contributed by atoms with Gasteiger partial charge in [-0.1, -0.05) is 11.6 Å². The Balaban J connectivity index is 1.71. The normalized spacial score (nSPS) is 13.8. The molecule has 0 saturated carbocycles. The van der Waals surface area contributed by atoms with E-state index in [0.717, 1.165) is 6.07 Å². The van der Waals surface area contributed by atoms with E-state index < -0.39 is 16.7 Å². The lowest BCUT2D eigenvalue weighted by Gasteiger charge is -2.28. The van der Waals surface area contributed by atoms with Gasteiger partial charge in [0.25, 0.3) is 0 Å². The van der Waals surface area contributed by atoms with Gasteiger partial charge in [-0.15, -0.1) is 0 Å². The lowest BCUT2D eigenvalue weighted by molar-refractivity contribution is -0.0794. The summed E-state index contributed by atoms with van der Waals surface area (Å²) in [6.07, 6.45) is 2.53. The number of halogens is 3. The molecule has 2 N–H and O–H groups in total. The fourth-order valence-electron chi connectivity index (χ4n) is 3.45. The van der Waals surface area contributed by atoms with Crippen LogP contribution in [0.1, 0.15) is 5.82 Å². The monoisotopic (exact) mass is 474 g/mol. The zero-order valence-corrected chi connectivity index (χ0v) is 18.0. The first-order valence-corrected chi connectivity index (χ1v) is 10.2. The number of nitrogens with two attached hydrogens (primary N) is 1. The number of aryl methyl sites for hydroxylation is 1. The van der Waals surface area contributed by atoms with E-state index in [-0.39, 0.29) is 40.9 Å². The molecule has 2 aromatic heterocycles. The second-order valence-corrected chi connectivity index (χ2v) is 7.73. The molecule has 170 valence electrons. The Morgan fingerprint density at radius 2 is 2.03 bits per heavy atom. The summed E-state index contributed by atoms with van der Waals surface area (Å²) >= 11 is 5.85. The average molecular weight is 475 g/mol. The highest BCUT2D eigenvalue weighted by molar-refractivity contribution is 6.31. The summed E-state index contributed by atoms with van der Waals surface area (Å²) in [5.41, 5.74) is 6.65. The molecule has 0 amide bonds. The SMILES string of the molecule is Cn1cnc(COc2cc(OC3COC3)c(-c3ccc(F)c(Cl)c3F)c3ncnc(N)c23)n1. The molecule has 1 aliphatic rings. The topological polar surface area (TPSA) is 110 Å². The van der Waals surface area contributed by atoms with E-state index in [2.05, 4.69) is 20.1 Å². The van der Waals surface area contributed by atoms with E-state index in [9.17, 15) is 4.39 Å². The predicted octanol–water partition coefficient (Wildman–Crippen LogP) is 3.30. The van der Waals surface area contributed by atoms with E-state index in [1.165, 1.54) is 12.4 Å². The molecular weight excluding hydrogens is 458 g/mol. The molecule has 0 atom stereocenters. The van der Waals surface area contributed by atoms with E-state index in [4.69, 9.17) is 31.5 Å². The van der Waals surface area contributed by atoms with Gasteiger partial charge in [-0.2, -0.15) is 5.10 Å². The maximum absolute atomic E-state index is 15.1. The number of hydrogen-bond donors (Lipinski definition) is 1. The molecule has 1 aliphatic heterocycles. The summed E-state index contributed by atoms with van der Waals surface area (Å²) in [6, 6.07) is 3.91. The molecule has 1 saturated heterocycles.